The zero-order valence-electron chi connectivity index (χ0n) is 13.7. The average molecular weight is 306 g/mol. The third kappa shape index (κ3) is 4.45. The number of likely N-dealkylation sites (N-methyl/N-ethyl adjacent to an activating group) is 1. The summed E-state index contributed by atoms with van der Waals surface area (Å²) in [7, 11) is 3.61. The molecule has 0 aliphatic carbocycles. The van der Waals surface area contributed by atoms with Gasteiger partial charge in [-0.1, -0.05) is 18.2 Å². The van der Waals surface area contributed by atoms with Crippen LogP contribution in [0.4, 0.5) is 0 Å². The van der Waals surface area contributed by atoms with E-state index in [-0.39, 0.29) is 18.1 Å². The van der Waals surface area contributed by atoms with E-state index in [1.54, 1.807) is 7.11 Å². The van der Waals surface area contributed by atoms with E-state index in [1.165, 1.54) is 0 Å². The minimum absolute atomic E-state index is 0.0351. The van der Waals surface area contributed by atoms with E-state index in [0.717, 1.165) is 30.8 Å². The molecule has 1 aromatic carbocycles. The molecule has 5 nitrogen and oxygen atoms in total. The number of hydrogen-bond donors (Lipinski definition) is 1. The van der Waals surface area contributed by atoms with Gasteiger partial charge >= 0.3 is 0 Å². The number of para-hydroxylation sites is 1. The molecule has 1 fully saturated rings. The molecule has 0 aromatic heterocycles. The Labute approximate surface area is 132 Å². The molecule has 0 radical (unpaired) electrons. The van der Waals surface area contributed by atoms with Gasteiger partial charge < -0.3 is 14.8 Å². The van der Waals surface area contributed by atoms with Crippen molar-refractivity contribution < 1.29 is 14.3 Å². The van der Waals surface area contributed by atoms with E-state index >= 15 is 0 Å². The van der Waals surface area contributed by atoms with Crippen LogP contribution in [0.1, 0.15) is 25.3 Å². The van der Waals surface area contributed by atoms with Crippen LogP contribution in [0.15, 0.2) is 24.3 Å². The number of carbonyl (C=O) groups excluding carboxylic acids is 1. The highest BCUT2D eigenvalue weighted by molar-refractivity contribution is 5.81. The second-order valence-corrected chi connectivity index (χ2v) is 5.78. The fourth-order valence-electron chi connectivity index (χ4n) is 2.61. The molecule has 2 atom stereocenters. The molecule has 0 spiro atoms. The van der Waals surface area contributed by atoms with Crippen LogP contribution in [0.2, 0.25) is 0 Å². The van der Waals surface area contributed by atoms with Crippen molar-refractivity contribution >= 4 is 5.91 Å². The van der Waals surface area contributed by atoms with Crippen molar-refractivity contribution in [3.63, 3.8) is 0 Å². The van der Waals surface area contributed by atoms with Crippen LogP contribution in [0, 0.1) is 0 Å². The number of carbonyl (C=O) groups is 1. The lowest BCUT2D eigenvalue weighted by molar-refractivity contribution is -0.126. The Bertz CT molecular complexity index is 487. The maximum absolute atomic E-state index is 12.2. The average Bonchev–Trinajstić information content (AvgIpc) is 3.05. The zero-order valence-corrected chi connectivity index (χ0v) is 13.7. The topological polar surface area (TPSA) is 50.8 Å². The first-order chi connectivity index (χ1) is 10.6. The molecule has 2 rings (SSSR count). The van der Waals surface area contributed by atoms with Crippen molar-refractivity contribution in [1.82, 2.24) is 10.2 Å². The van der Waals surface area contributed by atoms with Crippen molar-refractivity contribution in [1.29, 1.82) is 0 Å². The first-order valence-corrected chi connectivity index (χ1v) is 7.83. The molecule has 1 saturated heterocycles. The van der Waals surface area contributed by atoms with Crippen LogP contribution in [-0.4, -0.2) is 50.3 Å². The van der Waals surface area contributed by atoms with Crippen molar-refractivity contribution in [2.75, 3.05) is 27.3 Å². The van der Waals surface area contributed by atoms with Gasteiger partial charge in [0.05, 0.1) is 19.3 Å². The van der Waals surface area contributed by atoms with E-state index in [9.17, 15) is 4.79 Å². The zero-order chi connectivity index (χ0) is 15.9. The van der Waals surface area contributed by atoms with E-state index < -0.39 is 0 Å². The highest BCUT2D eigenvalue weighted by Crippen LogP contribution is 2.19. The van der Waals surface area contributed by atoms with Crippen molar-refractivity contribution in [2.45, 2.75) is 38.5 Å². The predicted octanol–water partition coefficient (Wildman–Crippen LogP) is 1.81. The molecule has 122 valence electrons. The largest absolute Gasteiger partial charge is 0.496 e. The number of ether oxygens (including phenoxy) is 2. The summed E-state index contributed by atoms with van der Waals surface area (Å²) >= 11 is 0. The number of hydrogen-bond acceptors (Lipinski definition) is 4. The SMILES string of the molecule is COc1ccccc1CN(C)C(C)C(=O)NCC1CCCO1. The number of rotatable bonds is 7. The number of nitrogens with zero attached hydrogens (tertiary/aromatic N) is 1. The molecule has 22 heavy (non-hydrogen) atoms. The first-order valence-electron chi connectivity index (χ1n) is 7.83. The summed E-state index contributed by atoms with van der Waals surface area (Å²) in [6.45, 7) is 3.99. The molecule has 0 saturated carbocycles. The Morgan fingerprint density at radius 2 is 2.27 bits per heavy atom. The number of nitrogens with one attached hydrogen (secondary N) is 1. The Morgan fingerprint density at radius 1 is 1.50 bits per heavy atom. The minimum atomic E-state index is -0.202. The maximum Gasteiger partial charge on any atom is 0.237 e. The summed E-state index contributed by atoms with van der Waals surface area (Å²) < 4.78 is 10.9. The van der Waals surface area contributed by atoms with Gasteiger partial charge in [-0.3, -0.25) is 9.69 Å². The predicted molar refractivity (Wildman–Crippen MR) is 85.9 cm³/mol. The van der Waals surface area contributed by atoms with Gasteiger partial charge in [0, 0.05) is 25.3 Å². The lowest BCUT2D eigenvalue weighted by atomic mass is 10.1. The van der Waals surface area contributed by atoms with Gasteiger partial charge in [-0.25, -0.2) is 0 Å². The maximum atomic E-state index is 12.2. The lowest BCUT2D eigenvalue weighted by Crippen LogP contribution is -2.45. The van der Waals surface area contributed by atoms with Gasteiger partial charge in [0.2, 0.25) is 5.91 Å². The van der Waals surface area contributed by atoms with Gasteiger partial charge in [0.1, 0.15) is 5.75 Å². The Balaban J connectivity index is 1.84. The fraction of sp³-hybridized carbons (Fsp3) is 0.588. The molecule has 1 amide bonds. The highest BCUT2D eigenvalue weighted by atomic mass is 16.5. The fourth-order valence-corrected chi connectivity index (χ4v) is 2.61. The number of amides is 1. The minimum Gasteiger partial charge on any atom is -0.496 e. The molecule has 0 bridgehead atoms. The molecular weight excluding hydrogens is 280 g/mol. The Morgan fingerprint density at radius 3 is 2.95 bits per heavy atom. The van der Waals surface area contributed by atoms with Crippen LogP contribution in [0.25, 0.3) is 0 Å². The third-order valence-electron chi connectivity index (χ3n) is 4.18. The van der Waals surface area contributed by atoms with E-state index in [4.69, 9.17) is 9.47 Å². The molecule has 1 N–H and O–H groups in total. The van der Waals surface area contributed by atoms with Crippen LogP contribution in [-0.2, 0) is 16.1 Å². The van der Waals surface area contributed by atoms with Gasteiger partial charge in [-0.15, -0.1) is 0 Å². The van der Waals surface area contributed by atoms with E-state index in [2.05, 4.69) is 5.32 Å². The molecule has 1 heterocycles. The van der Waals surface area contributed by atoms with Crippen molar-refractivity contribution in [3.8, 4) is 5.75 Å². The molecule has 1 aliphatic heterocycles. The molecule has 1 aromatic rings. The van der Waals surface area contributed by atoms with Crippen LogP contribution >= 0.6 is 0 Å². The van der Waals surface area contributed by atoms with E-state index in [0.29, 0.717) is 13.1 Å². The van der Waals surface area contributed by atoms with Crippen molar-refractivity contribution in [2.24, 2.45) is 0 Å². The standard InChI is InChI=1S/C17H26N2O3/c1-13(17(20)18-11-15-8-6-10-22-15)19(2)12-14-7-4-5-9-16(14)21-3/h4-5,7,9,13,15H,6,8,10-12H2,1-3H3,(H,18,20). The first kappa shape index (κ1) is 16.8. The summed E-state index contributed by atoms with van der Waals surface area (Å²) in [5.41, 5.74) is 1.08. The molecule has 2 unspecified atom stereocenters. The van der Waals surface area contributed by atoms with Gasteiger partial charge in [-0.05, 0) is 32.9 Å². The summed E-state index contributed by atoms with van der Waals surface area (Å²) in [5, 5.41) is 2.98. The Kier molecular flexibility index (Phi) is 6.21. The van der Waals surface area contributed by atoms with Crippen molar-refractivity contribution in [3.05, 3.63) is 29.8 Å². The van der Waals surface area contributed by atoms with Crippen LogP contribution < -0.4 is 10.1 Å². The second kappa shape index (κ2) is 8.15. The number of benzene rings is 1. The Hall–Kier alpha value is -1.59. The number of methoxy groups -OCH3 is 1. The van der Waals surface area contributed by atoms with Crippen LogP contribution in [0.3, 0.4) is 0 Å². The monoisotopic (exact) mass is 306 g/mol. The molecular formula is C17H26N2O3. The van der Waals surface area contributed by atoms with Crippen LogP contribution in [0.5, 0.6) is 5.75 Å². The summed E-state index contributed by atoms with van der Waals surface area (Å²) in [6, 6.07) is 7.68. The van der Waals surface area contributed by atoms with Gasteiger partial charge in [0.15, 0.2) is 0 Å². The second-order valence-electron chi connectivity index (χ2n) is 5.78. The highest BCUT2D eigenvalue weighted by Gasteiger charge is 2.21. The normalized spacial score (nSPS) is 19.2. The summed E-state index contributed by atoms with van der Waals surface area (Å²) in [6.07, 6.45) is 2.30. The summed E-state index contributed by atoms with van der Waals surface area (Å²) in [4.78, 5) is 14.3. The molecule has 1 aliphatic rings. The van der Waals surface area contributed by atoms with E-state index in [1.807, 2.05) is 43.1 Å². The quantitative estimate of drug-likeness (QED) is 0.835. The summed E-state index contributed by atoms with van der Waals surface area (Å²) in [5.74, 6) is 0.884. The third-order valence-corrected chi connectivity index (χ3v) is 4.18. The van der Waals surface area contributed by atoms with Gasteiger partial charge in [0.25, 0.3) is 0 Å². The molecule has 5 heteroatoms. The lowest BCUT2D eigenvalue weighted by Gasteiger charge is -2.25. The van der Waals surface area contributed by atoms with Gasteiger partial charge in [-0.2, -0.15) is 0 Å². The smallest absolute Gasteiger partial charge is 0.237 e.